The molecule has 0 aliphatic rings. The molecule has 1 heterocycles. The molecule has 0 bridgehead atoms. The van der Waals surface area contributed by atoms with Crippen LogP contribution in [-0.4, -0.2) is 6.04 Å². The normalized spacial score (nSPS) is 14.3. The van der Waals surface area contributed by atoms with E-state index in [1.165, 1.54) is 4.88 Å². The molecule has 0 spiro atoms. The van der Waals surface area contributed by atoms with E-state index >= 15 is 0 Å². The van der Waals surface area contributed by atoms with Crippen LogP contribution in [0, 0.1) is 5.41 Å². The Morgan fingerprint density at radius 1 is 1.50 bits per heavy atom. The van der Waals surface area contributed by atoms with Gasteiger partial charge in [0.2, 0.25) is 0 Å². The molecule has 0 aliphatic heterocycles. The zero-order valence-electron chi connectivity index (χ0n) is 9.42. The van der Waals surface area contributed by atoms with Crippen LogP contribution in [0.25, 0.3) is 0 Å². The average Bonchev–Trinajstić information content (AvgIpc) is 2.45. The Morgan fingerprint density at radius 2 is 2.14 bits per heavy atom. The maximum absolute atomic E-state index is 5.81. The van der Waals surface area contributed by atoms with Gasteiger partial charge in [0.25, 0.3) is 0 Å². The van der Waals surface area contributed by atoms with Gasteiger partial charge in [-0.1, -0.05) is 20.8 Å². The minimum Gasteiger partial charge on any atom is -0.398 e. The Labute approximate surface area is 90.5 Å². The Kier molecular flexibility index (Phi) is 3.56. The first kappa shape index (κ1) is 11.5. The molecule has 0 fully saturated rings. The quantitative estimate of drug-likeness (QED) is 0.808. The van der Waals surface area contributed by atoms with Crippen molar-refractivity contribution in [3.05, 3.63) is 16.3 Å². The van der Waals surface area contributed by atoms with E-state index in [-0.39, 0.29) is 0 Å². The predicted molar refractivity (Wildman–Crippen MR) is 64.5 cm³/mol. The number of nitrogen functional groups attached to an aromatic ring is 1. The van der Waals surface area contributed by atoms with Gasteiger partial charge in [-0.25, -0.2) is 0 Å². The van der Waals surface area contributed by atoms with Gasteiger partial charge in [0.15, 0.2) is 0 Å². The van der Waals surface area contributed by atoms with Gasteiger partial charge in [-0.05, 0) is 23.8 Å². The van der Waals surface area contributed by atoms with E-state index in [1.807, 2.05) is 11.4 Å². The molecule has 3 heteroatoms. The summed E-state index contributed by atoms with van der Waals surface area (Å²) in [7, 11) is 0. The molecule has 0 saturated carbocycles. The van der Waals surface area contributed by atoms with Crippen molar-refractivity contribution >= 4 is 17.0 Å². The first-order valence-electron chi connectivity index (χ1n) is 4.96. The Morgan fingerprint density at radius 3 is 2.57 bits per heavy atom. The summed E-state index contributed by atoms with van der Waals surface area (Å²) in [5.41, 5.74) is 7.01. The Balaban J connectivity index is 2.46. The van der Waals surface area contributed by atoms with Gasteiger partial charge < -0.3 is 11.1 Å². The maximum atomic E-state index is 5.81. The molecule has 14 heavy (non-hydrogen) atoms. The van der Waals surface area contributed by atoms with E-state index < -0.39 is 0 Å². The van der Waals surface area contributed by atoms with Crippen molar-refractivity contribution in [2.24, 2.45) is 5.41 Å². The molecule has 3 N–H and O–H groups in total. The lowest BCUT2D eigenvalue weighted by Crippen LogP contribution is -2.37. The van der Waals surface area contributed by atoms with Crippen molar-refractivity contribution in [3.8, 4) is 0 Å². The van der Waals surface area contributed by atoms with Gasteiger partial charge in [-0.2, -0.15) is 0 Å². The summed E-state index contributed by atoms with van der Waals surface area (Å²) in [6, 6.07) is 2.45. The number of nitrogens with one attached hydrogen (secondary N) is 1. The summed E-state index contributed by atoms with van der Waals surface area (Å²) >= 11 is 1.71. The molecule has 1 rings (SSSR count). The molecule has 0 saturated heterocycles. The number of rotatable bonds is 3. The van der Waals surface area contributed by atoms with Crippen LogP contribution in [0.4, 0.5) is 5.69 Å². The van der Waals surface area contributed by atoms with Crippen LogP contribution in [0.2, 0.25) is 0 Å². The predicted octanol–water partition coefficient (Wildman–Crippen LogP) is 2.85. The smallest absolute Gasteiger partial charge is 0.0468 e. The van der Waals surface area contributed by atoms with E-state index in [4.69, 9.17) is 5.73 Å². The van der Waals surface area contributed by atoms with Crippen LogP contribution < -0.4 is 11.1 Å². The minimum atomic E-state index is 0.298. The zero-order valence-corrected chi connectivity index (χ0v) is 10.2. The highest BCUT2D eigenvalue weighted by Gasteiger charge is 2.19. The monoisotopic (exact) mass is 212 g/mol. The molecular formula is C11H20N2S. The summed E-state index contributed by atoms with van der Waals surface area (Å²) < 4.78 is 0. The van der Waals surface area contributed by atoms with Crippen LogP contribution in [0.15, 0.2) is 11.4 Å². The van der Waals surface area contributed by atoms with E-state index in [2.05, 4.69) is 33.0 Å². The number of nitrogens with two attached hydrogens (primary N) is 1. The van der Waals surface area contributed by atoms with Crippen molar-refractivity contribution in [3.63, 3.8) is 0 Å². The second-order valence-electron chi connectivity index (χ2n) is 4.77. The van der Waals surface area contributed by atoms with Crippen LogP contribution in [-0.2, 0) is 6.54 Å². The number of hydrogen-bond acceptors (Lipinski definition) is 3. The van der Waals surface area contributed by atoms with Gasteiger partial charge >= 0.3 is 0 Å². The van der Waals surface area contributed by atoms with Crippen LogP contribution >= 0.6 is 11.3 Å². The summed E-state index contributed by atoms with van der Waals surface area (Å²) in [5, 5.41) is 5.53. The topological polar surface area (TPSA) is 38.0 Å². The second-order valence-corrected chi connectivity index (χ2v) is 5.77. The molecular weight excluding hydrogens is 192 g/mol. The van der Waals surface area contributed by atoms with Gasteiger partial charge in [-0.3, -0.25) is 0 Å². The largest absolute Gasteiger partial charge is 0.398 e. The third-order valence-corrected chi connectivity index (χ3v) is 3.58. The zero-order chi connectivity index (χ0) is 10.8. The molecule has 1 atom stereocenters. The van der Waals surface area contributed by atoms with Crippen LogP contribution in [0.3, 0.4) is 0 Å². The molecule has 1 aromatic rings. The lowest BCUT2D eigenvalue weighted by atomic mass is 9.88. The highest BCUT2D eigenvalue weighted by Crippen LogP contribution is 2.22. The number of thiophene rings is 1. The van der Waals surface area contributed by atoms with Crippen LogP contribution in [0.5, 0.6) is 0 Å². The van der Waals surface area contributed by atoms with Crippen molar-refractivity contribution in [2.75, 3.05) is 5.73 Å². The molecule has 1 aromatic heterocycles. The summed E-state index contributed by atoms with van der Waals surface area (Å²) in [6.45, 7) is 9.80. The highest BCUT2D eigenvalue weighted by atomic mass is 32.1. The molecule has 0 radical (unpaired) electrons. The highest BCUT2D eigenvalue weighted by molar-refractivity contribution is 7.10. The molecule has 0 aliphatic carbocycles. The Bertz CT molecular complexity index is 286. The Hall–Kier alpha value is -0.540. The van der Waals surface area contributed by atoms with Gasteiger partial charge in [-0.15, -0.1) is 11.3 Å². The first-order valence-corrected chi connectivity index (χ1v) is 5.84. The van der Waals surface area contributed by atoms with E-state index in [1.54, 1.807) is 11.3 Å². The standard InChI is InChI=1S/C11H20N2S/c1-8(11(2,3)4)13-7-10-9(12)5-6-14-10/h5-6,8,13H,7,12H2,1-4H3. The number of anilines is 1. The van der Waals surface area contributed by atoms with E-state index in [0.29, 0.717) is 11.5 Å². The third-order valence-electron chi connectivity index (χ3n) is 2.65. The molecule has 0 amide bonds. The van der Waals surface area contributed by atoms with E-state index in [9.17, 15) is 0 Å². The molecule has 80 valence electrons. The fraction of sp³-hybridized carbons (Fsp3) is 0.636. The van der Waals surface area contributed by atoms with Gasteiger partial charge in [0.1, 0.15) is 0 Å². The third kappa shape index (κ3) is 3.00. The number of hydrogen-bond donors (Lipinski definition) is 2. The van der Waals surface area contributed by atoms with E-state index in [0.717, 1.165) is 12.2 Å². The fourth-order valence-corrected chi connectivity index (χ4v) is 1.80. The van der Waals surface area contributed by atoms with Crippen LogP contribution in [0.1, 0.15) is 32.6 Å². The van der Waals surface area contributed by atoms with Crippen molar-refractivity contribution in [2.45, 2.75) is 40.3 Å². The summed E-state index contributed by atoms with van der Waals surface area (Å²) in [5.74, 6) is 0. The summed E-state index contributed by atoms with van der Waals surface area (Å²) in [6.07, 6.45) is 0. The van der Waals surface area contributed by atoms with Gasteiger partial charge in [0.05, 0.1) is 0 Å². The minimum absolute atomic E-state index is 0.298. The molecule has 1 unspecified atom stereocenters. The van der Waals surface area contributed by atoms with Crippen molar-refractivity contribution in [1.82, 2.24) is 5.32 Å². The second kappa shape index (κ2) is 4.32. The average molecular weight is 212 g/mol. The molecule has 0 aromatic carbocycles. The molecule has 2 nitrogen and oxygen atoms in total. The maximum Gasteiger partial charge on any atom is 0.0468 e. The lowest BCUT2D eigenvalue weighted by Gasteiger charge is -2.28. The fourth-order valence-electron chi connectivity index (χ4n) is 1.05. The lowest BCUT2D eigenvalue weighted by molar-refractivity contribution is 0.286. The van der Waals surface area contributed by atoms with Crippen molar-refractivity contribution < 1.29 is 0 Å². The SMILES string of the molecule is CC(NCc1sccc1N)C(C)(C)C. The first-order chi connectivity index (χ1) is 6.41. The van der Waals surface area contributed by atoms with Gasteiger partial charge in [0, 0.05) is 23.2 Å². The summed E-state index contributed by atoms with van der Waals surface area (Å²) in [4.78, 5) is 1.24. The van der Waals surface area contributed by atoms with Crippen molar-refractivity contribution in [1.29, 1.82) is 0 Å².